The molecule has 0 aromatic rings. The normalized spacial score (nSPS) is 37.7. The highest BCUT2D eigenvalue weighted by molar-refractivity contribution is 9.09. The van der Waals surface area contributed by atoms with Crippen molar-refractivity contribution in [2.45, 2.75) is 17.3 Å². The van der Waals surface area contributed by atoms with Gasteiger partial charge in [0.2, 0.25) is 0 Å². The number of nitrogens with zero attached hydrogens (tertiary/aromatic N) is 1. The van der Waals surface area contributed by atoms with Crippen LogP contribution >= 0.6 is 15.9 Å². The van der Waals surface area contributed by atoms with Crippen molar-refractivity contribution in [1.29, 1.82) is 0 Å². The maximum atomic E-state index is 12.4. The highest BCUT2D eigenvalue weighted by Gasteiger charge is 2.70. The molecule has 3 rings (SSSR count). The van der Waals surface area contributed by atoms with Crippen LogP contribution in [0.1, 0.15) is 6.42 Å². The molecule has 126 valence electrons. The summed E-state index contributed by atoms with van der Waals surface area (Å²) in [6.45, 7) is 4.49. The number of halogens is 1. The fourth-order valence-electron chi connectivity index (χ4n) is 4.65. The van der Waals surface area contributed by atoms with Crippen LogP contribution in [0.3, 0.4) is 0 Å². The molecule has 2 aliphatic carbocycles. The smallest absolute Gasteiger partial charge is 0.409 e. The van der Waals surface area contributed by atoms with E-state index in [1.807, 2.05) is 6.08 Å². The Morgan fingerprint density at radius 2 is 2.04 bits per heavy atom. The lowest BCUT2D eigenvalue weighted by molar-refractivity contribution is -0.137. The van der Waals surface area contributed by atoms with Crippen molar-refractivity contribution in [3.63, 3.8) is 0 Å². The number of carbonyl (C=O) groups is 2. The summed E-state index contributed by atoms with van der Waals surface area (Å²) in [6.07, 6.45) is 2.11. The third-order valence-electron chi connectivity index (χ3n) is 5.58. The molecule has 1 saturated heterocycles. The topological polar surface area (TPSA) is 65.1 Å². The summed E-state index contributed by atoms with van der Waals surface area (Å²) >= 11 is 3.74. The predicted octanol–water partition coefficient (Wildman–Crippen LogP) is 2.10. The number of hydrogen-bond acceptors (Lipinski definition) is 5. The molecule has 23 heavy (non-hydrogen) atoms. The van der Waals surface area contributed by atoms with Gasteiger partial charge in [-0.1, -0.05) is 22.0 Å². The van der Waals surface area contributed by atoms with Gasteiger partial charge in [0.15, 0.2) is 0 Å². The Morgan fingerprint density at radius 3 is 2.57 bits per heavy atom. The first-order chi connectivity index (χ1) is 11.0. The molecule has 0 spiro atoms. The summed E-state index contributed by atoms with van der Waals surface area (Å²) < 4.78 is 15.4. The highest BCUT2D eigenvalue weighted by Crippen LogP contribution is 2.65. The highest BCUT2D eigenvalue weighted by atomic mass is 79.9. The standard InChI is InChI=1S/C16H20BrNO5/c1-5-16-7-18(15(20)23-4)13-11(16)10(14(19)22-3)9(21-2)6-8(16)12(13)17/h5,8,11-13H,1,6-7H2,2-4H3/t8-,11+,12-,13+,16+/m1/s1. The van der Waals surface area contributed by atoms with Gasteiger partial charge >= 0.3 is 12.1 Å². The SMILES string of the molecule is C=C[C@]12CN(C(=O)OC)[C@@H]3[C@H](Br)[C@H]1CC(OC)=C(C(=O)OC)[C@@H]32. The summed E-state index contributed by atoms with van der Waals surface area (Å²) in [5.74, 6) is 0.238. The lowest BCUT2D eigenvalue weighted by Crippen LogP contribution is -2.49. The number of rotatable bonds is 3. The Bertz CT molecular complexity index is 603. The zero-order valence-corrected chi connectivity index (χ0v) is 15.0. The molecule has 0 aromatic carbocycles. The largest absolute Gasteiger partial charge is 0.501 e. The van der Waals surface area contributed by atoms with Crippen LogP contribution in [0.2, 0.25) is 0 Å². The minimum absolute atomic E-state index is 0.0330. The number of ether oxygens (including phenoxy) is 3. The molecule has 7 heteroatoms. The minimum atomic E-state index is -0.408. The van der Waals surface area contributed by atoms with Gasteiger partial charge in [-0.05, 0) is 5.92 Å². The van der Waals surface area contributed by atoms with Gasteiger partial charge in [-0.15, -0.1) is 6.58 Å². The number of piperidine rings is 1. The second-order valence-electron chi connectivity index (χ2n) is 6.17. The second-order valence-corrected chi connectivity index (χ2v) is 7.23. The molecule has 0 radical (unpaired) electrons. The molecule has 2 fully saturated rings. The van der Waals surface area contributed by atoms with Gasteiger partial charge in [-0.2, -0.15) is 0 Å². The van der Waals surface area contributed by atoms with Crippen molar-refractivity contribution in [2.75, 3.05) is 27.9 Å². The van der Waals surface area contributed by atoms with Gasteiger partial charge in [0.1, 0.15) is 5.76 Å². The van der Waals surface area contributed by atoms with E-state index in [1.165, 1.54) is 14.2 Å². The van der Waals surface area contributed by atoms with Crippen LogP contribution in [-0.2, 0) is 19.0 Å². The summed E-state index contributed by atoms with van der Waals surface area (Å²) in [5.41, 5.74) is 0.142. The van der Waals surface area contributed by atoms with Crippen LogP contribution in [0.5, 0.6) is 0 Å². The molecule has 1 saturated carbocycles. The molecule has 6 nitrogen and oxygen atoms in total. The van der Waals surface area contributed by atoms with E-state index >= 15 is 0 Å². The number of allylic oxidation sites excluding steroid dienone is 1. The molecule has 0 aromatic heterocycles. The number of methoxy groups -OCH3 is 3. The Labute approximate surface area is 143 Å². The van der Waals surface area contributed by atoms with E-state index in [2.05, 4.69) is 22.5 Å². The fraction of sp³-hybridized carbons (Fsp3) is 0.625. The second kappa shape index (κ2) is 5.54. The molecule has 0 N–H and O–H groups in total. The van der Waals surface area contributed by atoms with Gasteiger partial charge in [0, 0.05) is 29.1 Å². The molecule has 1 aliphatic heterocycles. The molecular weight excluding hydrogens is 366 g/mol. The van der Waals surface area contributed by atoms with E-state index in [0.717, 1.165) is 0 Å². The van der Waals surface area contributed by atoms with Crippen molar-refractivity contribution in [2.24, 2.45) is 17.3 Å². The molecule has 4 bridgehead atoms. The number of esters is 1. The van der Waals surface area contributed by atoms with Crippen molar-refractivity contribution in [3.8, 4) is 0 Å². The third-order valence-corrected chi connectivity index (χ3v) is 6.76. The minimum Gasteiger partial charge on any atom is -0.501 e. The average molecular weight is 386 g/mol. The van der Waals surface area contributed by atoms with E-state index in [4.69, 9.17) is 14.2 Å². The first kappa shape index (κ1) is 16.4. The van der Waals surface area contributed by atoms with Gasteiger partial charge < -0.3 is 19.1 Å². The first-order valence-electron chi connectivity index (χ1n) is 7.44. The maximum Gasteiger partial charge on any atom is 0.409 e. The molecule has 3 aliphatic rings. The Kier molecular flexibility index (Phi) is 3.94. The first-order valence-corrected chi connectivity index (χ1v) is 8.36. The number of amides is 1. The van der Waals surface area contributed by atoms with E-state index in [1.54, 1.807) is 12.0 Å². The van der Waals surface area contributed by atoms with Gasteiger partial charge in [0.05, 0.1) is 32.9 Å². The van der Waals surface area contributed by atoms with E-state index in [0.29, 0.717) is 24.3 Å². The summed E-state index contributed by atoms with van der Waals surface area (Å²) in [5, 5.41) is 0. The number of carbonyl (C=O) groups excluding carboxylic acids is 2. The zero-order chi connectivity index (χ0) is 16.9. The van der Waals surface area contributed by atoms with Crippen LogP contribution in [0, 0.1) is 17.3 Å². The molecule has 0 unspecified atom stereocenters. The van der Waals surface area contributed by atoms with Crippen molar-refractivity contribution < 1.29 is 23.8 Å². The Hall–Kier alpha value is -1.50. The predicted molar refractivity (Wildman–Crippen MR) is 85.9 cm³/mol. The van der Waals surface area contributed by atoms with Gasteiger partial charge in [-0.25, -0.2) is 9.59 Å². The fourth-order valence-corrected chi connectivity index (χ4v) is 5.92. The lowest BCUT2D eigenvalue weighted by Gasteiger charge is -2.42. The van der Waals surface area contributed by atoms with Crippen LogP contribution in [0.4, 0.5) is 4.79 Å². The Morgan fingerprint density at radius 1 is 1.35 bits per heavy atom. The van der Waals surface area contributed by atoms with Crippen LogP contribution in [0.25, 0.3) is 0 Å². The molecular formula is C16H20BrNO5. The van der Waals surface area contributed by atoms with Crippen LogP contribution in [-0.4, -0.2) is 55.7 Å². The van der Waals surface area contributed by atoms with Crippen LogP contribution in [0.15, 0.2) is 24.0 Å². The average Bonchev–Trinajstić information content (AvgIpc) is 2.99. The van der Waals surface area contributed by atoms with Crippen LogP contribution < -0.4 is 0 Å². The van der Waals surface area contributed by atoms with Gasteiger partial charge in [-0.3, -0.25) is 0 Å². The molecule has 5 atom stereocenters. The van der Waals surface area contributed by atoms with Gasteiger partial charge in [0.25, 0.3) is 0 Å². The number of hydrogen-bond donors (Lipinski definition) is 0. The quantitative estimate of drug-likeness (QED) is 0.422. The lowest BCUT2D eigenvalue weighted by atomic mass is 9.65. The summed E-state index contributed by atoms with van der Waals surface area (Å²) in [4.78, 5) is 26.3. The van der Waals surface area contributed by atoms with Crippen molar-refractivity contribution in [1.82, 2.24) is 4.90 Å². The maximum absolute atomic E-state index is 12.4. The summed E-state index contributed by atoms with van der Waals surface area (Å²) in [7, 11) is 4.28. The van der Waals surface area contributed by atoms with E-state index in [9.17, 15) is 9.59 Å². The molecule has 1 heterocycles. The number of alkyl halides is 1. The van der Waals surface area contributed by atoms with E-state index in [-0.39, 0.29) is 28.1 Å². The monoisotopic (exact) mass is 385 g/mol. The Balaban J connectivity index is 2.15. The van der Waals surface area contributed by atoms with Crippen molar-refractivity contribution >= 4 is 28.0 Å². The number of likely N-dealkylation sites (tertiary alicyclic amines) is 1. The molecule has 1 amide bonds. The summed E-state index contributed by atoms with van der Waals surface area (Å²) in [6, 6.07) is -0.188. The van der Waals surface area contributed by atoms with Crippen molar-refractivity contribution in [3.05, 3.63) is 24.0 Å². The van der Waals surface area contributed by atoms with E-state index < -0.39 is 12.1 Å². The zero-order valence-electron chi connectivity index (χ0n) is 13.4. The third kappa shape index (κ3) is 1.92.